The summed E-state index contributed by atoms with van der Waals surface area (Å²) in [6.45, 7) is 3.76. The van der Waals surface area contributed by atoms with Gasteiger partial charge in [-0.25, -0.2) is 0 Å². The molecule has 0 saturated heterocycles. The molecule has 0 unspecified atom stereocenters. The van der Waals surface area contributed by atoms with Gasteiger partial charge in [-0.2, -0.15) is 0 Å². The van der Waals surface area contributed by atoms with E-state index in [1.807, 2.05) is 6.92 Å². The summed E-state index contributed by atoms with van der Waals surface area (Å²) in [5.41, 5.74) is 0.754. The Morgan fingerprint density at radius 1 is 1.38 bits per heavy atom. The van der Waals surface area contributed by atoms with E-state index in [1.54, 1.807) is 6.07 Å². The molecule has 0 aliphatic heterocycles. The van der Waals surface area contributed by atoms with Gasteiger partial charge >= 0.3 is 0 Å². The van der Waals surface area contributed by atoms with Crippen LogP contribution in [0.5, 0.6) is 11.5 Å². The van der Waals surface area contributed by atoms with Crippen LogP contribution in [-0.2, 0) is 16.0 Å². The third-order valence-corrected chi connectivity index (χ3v) is 2.28. The predicted molar refractivity (Wildman–Crippen MR) is 59.6 cm³/mol. The molecule has 0 amide bonds. The third-order valence-electron chi connectivity index (χ3n) is 2.28. The molecular weight excluding hydrogens is 208 g/mol. The maximum absolute atomic E-state index is 11.3. The summed E-state index contributed by atoms with van der Waals surface area (Å²) in [6.07, 6.45) is -0.0919. The van der Waals surface area contributed by atoms with Crippen LogP contribution in [0, 0.1) is 0 Å². The highest BCUT2D eigenvalue weighted by Crippen LogP contribution is 2.25. The molecule has 2 N–H and O–H groups in total. The predicted octanol–water partition coefficient (Wildman–Crippen LogP) is 1.63. The maximum Gasteiger partial charge on any atom is 0.158 e. The van der Waals surface area contributed by atoms with Gasteiger partial charge in [-0.05, 0) is 31.5 Å². The average molecular weight is 224 g/mol. The summed E-state index contributed by atoms with van der Waals surface area (Å²) in [5.74, 6) is -0.398. The first kappa shape index (κ1) is 12.5. The van der Waals surface area contributed by atoms with E-state index in [4.69, 9.17) is 9.84 Å². The molecule has 0 bridgehead atoms. The van der Waals surface area contributed by atoms with Crippen LogP contribution in [0.4, 0.5) is 0 Å². The highest BCUT2D eigenvalue weighted by atomic mass is 16.5. The molecule has 0 saturated carbocycles. The largest absolute Gasteiger partial charge is 0.504 e. The summed E-state index contributed by atoms with van der Waals surface area (Å²) in [5, 5.41) is 18.4. The fraction of sp³-hybridized carbons (Fsp3) is 0.417. The van der Waals surface area contributed by atoms with E-state index in [-0.39, 0.29) is 17.3 Å². The molecule has 0 fully saturated rings. The summed E-state index contributed by atoms with van der Waals surface area (Å²) >= 11 is 0. The lowest BCUT2D eigenvalue weighted by atomic mass is 10.0. The lowest BCUT2D eigenvalue weighted by Gasteiger charge is -2.14. The highest BCUT2D eigenvalue weighted by Gasteiger charge is 2.15. The van der Waals surface area contributed by atoms with Gasteiger partial charge in [-0.1, -0.05) is 6.07 Å². The standard InChI is InChI=1S/C12H16O4/c1-3-16-12(8(2)13)7-9-4-5-10(14)11(15)6-9/h4-6,12,14-15H,3,7H2,1-2H3/t12-/m1/s1. The molecule has 0 aliphatic rings. The fourth-order valence-corrected chi connectivity index (χ4v) is 1.43. The number of rotatable bonds is 5. The number of phenols is 2. The quantitative estimate of drug-likeness (QED) is 0.746. The van der Waals surface area contributed by atoms with Crippen LogP contribution >= 0.6 is 0 Å². The molecule has 1 aromatic carbocycles. The van der Waals surface area contributed by atoms with Crippen LogP contribution in [0.15, 0.2) is 18.2 Å². The second kappa shape index (κ2) is 5.51. The van der Waals surface area contributed by atoms with Gasteiger partial charge < -0.3 is 14.9 Å². The maximum atomic E-state index is 11.3. The Morgan fingerprint density at radius 3 is 2.56 bits per heavy atom. The van der Waals surface area contributed by atoms with Gasteiger partial charge in [0.05, 0.1) is 0 Å². The van der Waals surface area contributed by atoms with Crippen LogP contribution in [0.2, 0.25) is 0 Å². The van der Waals surface area contributed by atoms with Crippen LogP contribution in [0.1, 0.15) is 19.4 Å². The number of ketones is 1. The molecule has 1 atom stereocenters. The van der Waals surface area contributed by atoms with Gasteiger partial charge in [0.25, 0.3) is 0 Å². The second-order valence-corrected chi connectivity index (χ2v) is 3.58. The van der Waals surface area contributed by atoms with Crippen LogP contribution < -0.4 is 0 Å². The number of aromatic hydroxyl groups is 2. The lowest BCUT2D eigenvalue weighted by molar-refractivity contribution is -0.127. The van der Waals surface area contributed by atoms with E-state index >= 15 is 0 Å². The average Bonchev–Trinajstić information content (AvgIpc) is 2.22. The normalized spacial score (nSPS) is 12.4. The van der Waals surface area contributed by atoms with Crippen LogP contribution in [0.25, 0.3) is 0 Å². The Bertz CT molecular complexity index is 373. The number of carbonyl (C=O) groups excluding carboxylic acids is 1. The smallest absolute Gasteiger partial charge is 0.158 e. The fourth-order valence-electron chi connectivity index (χ4n) is 1.43. The zero-order valence-electron chi connectivity index (χ0n) is 9.43. The number of benzene rings is 1. The highest BCUT2D eigenvalue weighted by molar-refractivity contribution is 5.80. The van der Waals surface area contributed by atoms with Gasteiger partial charge in [0, 0.05) is 13.0 Å². The van der Waals surface area contributed by atoms with Gasteiger partial charge in [0.2, 0.25) is 0 Å². The van der Waals surface area contributed by atoms with E-state index in [0.717, 1.165) is 5.56 Å². The SMILES string of the molecule is CCO[C@H](Cc1ccc(O)c(O)c1)C(C)=O. The van der Waals surface area contributed by atoms with Gasteiger partial charge in [-0.3, -0.25) is 4.79 Å². The number of ether oxygens (including phenoxy) is 1. The number of phenolic OH excluding ortho intramolecular Hbond substituents is 2. The van der Waals surface area contributed by atoms with E-state index in [1.165, 1.54) is 19.1 Å². The van der Waals surface area contributed by atoms with Gasteiger partial charge in [0.1, 0.15) is 6.10 Å². The Kier molecular flexibility index (Phi) is 4.31. The van der Waals surface area contributed by atoms with E-state index in [2.05, 4.69) is 0 Å². The number of carbonyl (C=O) groups is 1. The molecule has 0 heterocycles. The topological polar surface area (TPSA) is 66.8 Å². The van der Waals surface area contributed by atoms with E-state index in [0.29, 0.717) is 13.0 Å². The summed E-state index contributed by atoms with van der Waals surface area (Å²) in [4.78, 5) is 11.3. The molecule has 0 spiro atoms. The molecule has 88 valence electrons. The van der Waals surface area contributed by atoms with Crippen molar-refractivity contribution in [1.82, 2.24) is 0 Å². The first-order chi connectivity index (χ1) is 7.54. The zero-order valence-corrected chi connectivity index (χ0v) is 9.43. The minimum absolute atomic E-state index is 0.0468. The van der Waals surface area contributed by atoms with Crippen LogP contribution in [-0.4, -0.2) is 28.7 Å². The molecule has 1 aromatic rings. The summed E-state index contributed by atoms with van der Waals surface area (Å²) in [7, 11) is 0. The van der Waals surface area contributed by atoms with E-state index in [9.17, 15) is 9.90 Å². The molecule has 0 aromatic heterocycles. The number of Topliss-reactive ketones (excluding diaryl/α,β-unsaturated/α-hetero) is 1. The van der Waals surface area contributed by atoms with Crippen molar-refractivity contribution >= 4 is 5.78 Å². The lowest BCUT2D eigenvalue weighted by Crippen LogP contribution is -2.24. The van der Waals surface area contributed by atoms with Crippen molar-refractivity contribution < 1.29 is 19.7 Å². The van der Waals surface area contributed by atoms with Crippen molar-refractivity contribution in [1.29, 1.82) is 0 Å². The Labute approximate surface area is 94.5 Å². The Hall–Kier alpha value is -1.55. The van der Waals surface area contributed by atoms with Crippen molar-refractivity contribution in [3.05, 3.63) is 23.8 Å². The summed E-state index contributed by atoms with van der Waals surface area (Å²) < 4.78 is 5.28. The van der Waals surface area contributed by atoms with Crippen molar-refractivity contribution in [3.8, 4) is 11.5 Å². The second-order valence-electron chi connectivity index (χ2n) is 3.58. The minimum Gasteiger partial charge on any atom is -0.504 e. The molecule has 0 radical (unpaired) electrons. The Morgan fingerprint density at radius 2 is 2.06 bits per heavy atom. The Balaban J connectivity index is 2.77. The summed E-state index contributed by atoms with van der Waals surface area (Å²) in [6, 6.07) is 4.49. The molecule has 4 nitrogen and oxygen atoms in total. The van der Waals surface area contributed by atoms with Crippen molar-refractivity contribution in [3.63, 3.8) is 0 Å². The van der Waals surface area contributed by atoms with Crippen molar-refractivity contribution in [2.45, 2.75) is 26.4 Å². The van der Waals surface area contributed by atoms with E-state index < -0.39 is 6.10 Å². The van der Waals surface area contributed by atoms with Gasteiger partial charge in [0.15, 0.2) is 17.3 Å². The first-order valence-corrected chi connectivity index (χ1v) is 5.17. The zero-order chi connectivity index (χ0) is 12.1. The third kappa shape index (κ3) is 3.24. The molecule has 16 heavy (non-hydrogen) atoms. The number of hydrogen-bond donors (Lipinski definition) is 2. The molecule has 4 heteroatoms. The first-order valence-electron chi connectivity index (χ1n) is 5.17. The molecule has 0 aliphatic carbocycles. The minimum atomic E-state index is -0.492. The van der Waals surface area contributed by atoms with Crippen LogP contribution in [0.3, 0.4) is 0 Å². The monoisotopic (exact) mass is 224 g/mol. The number of hydrogen-bond acceptors (Lipinski definition) is 4. The molecular formula is C12H16O4. The van der Waals surface area contributed by atoms with Gasteiger partial charge in [-0.15, -0.1) is 0 Å². The molecule has 1 rings (SSSR count). The van der Waals surface area contributed by atoms with Crippen molar-refractivity contribution in [2.75, 3.05) is 6.61 Å². The van der Waals surface area contributed by atoms with Crippen molar-refractivity contribution in [2.24, 2.45) is 0 Å².